The fourth-order valence-corrected chi connectivity index (χ4v) is 2.29. The number of hydrogen-bond donors (Lipinski definition) is 1. The summed E-state index contributed by atoms with van der Waals surface area (Å²) in [5.74, 6) is 0.615. The highest BCUT2D eigenvalue weighted by Gasteiger charge is 2.24. The third-order valence-corrected chi connectivity index (χ3v) is 3.50. The molecular weight excluding hydrogens is 202 g/mol. The van der Waals surface area contributed by atoms with Gasteiger partial charge >= 0.3 is 5.97 Å². The van der Waals surface area contributed by atoms with E-state index in [0.717, 1.165) is 31.6 Å². The lowest BCUT2D eigenvalue weighted by molar-refractivity contribution is -0.155. The molecule has 1 atom stereocenters. The maximum Gasteiger partial charge on any atom is 0.310 e. The van der Waals surface area contributed by atoms with Crippen molar-refractivity contribution in [1.29, 1.82) is 0 Å². The predicted molar refractivity (Wildman–Crippen MR) is 65.0 cm³/mol. The first-order valence-electron chi connectivity index (χ1n) is 6.57. The molecule has 1 aliphatic carbocycles. The van der Waals surface area contributed by atoms with Crippen molar-refractivity contribution >= 4 is 5.97 Å². The molecule has 1 rings (SSSR count). The topological polar surface area (TPSA) is 52.3 Å². The normalized spacial score (nSPS) is 27.4. The Morgan fingerprint density at radius 2 is 2.00 bits per heavy atom. The van der Waals surface area contributed by atoms with Crippen molar-refractivity contribution in [2.45, 2.75) is 58.5 Å². The molecule has 3 nitrogen and oxygen atoms in total. The van der Waals surface area contributed by atoms with E-state index in [1.807, 2.05) is 0 Å². The third kappa shape index (κ3) is 4.12. The van der Waals surface area contributed by atoms with Gasteiger partial charge in [-0.2, -0.15) is 0 Å². The van der Waals surface area contributed by atoms with Gasteiger partial charge in [0.2, 0.25) is 0 Å². The number of hydrogen-bond acceptors (Lipinski definition) is 3. The number of carbonyl (C=O) groups is 1. The van der Waals surface area contributed by atoms with Crippen molar-refractivity contribution in [2.24, 2.45) is 17.6 Å². The molecule has 0 aliphatic heterocycles. The van der Waals surface area contributed by atoms with Crippen LogP contribution in [0.15, 0.2) is 0 Å². The van der Waals surface area contributed by atoms with Gasteiger partial charge in [0.25, 0.3) is 0 Å². The Balaban J connectivity index is 2.32. The van der Waals surface area contributed by atoms with Gasteiger partial charge in [-0.15, -0.1) is 0 Å². The molecule has 1 saturated carbocycles. The molecule has 2 N–H and O–H groups in total. The van der Waals surface area contributed by atoms with E-state index in [-0.39, 0.29) is 18.0 Å². The largest absolute Gasteiger partial charge is 0.462 e. The average molecular weight is 227 g/mol. The molecule has 0 spiro atoms. The van der Waals surface area contributed by atoms with Gasteiger partial charge in [0.05, 0.1) is 5.92 Å². The zero-order valence-electron chi connectivity index (χ0n) is 10.6. The fourth-order valence-electron chi connectivity index (χ4n) is 2.29. The van der Waals surface area contributed by atoms with Crippen LogP contribution in [-0.2, 0) is 9.53 Å². The maximum atomic E-state index is 11.8. The van der Waals surface area contributed by atoms with E-state index in [1.165, 1.54) is 12.8 Å². The van der Waals surface area contributed by atoms with Crippen LogP contribution < -0.4 is 5.73 Å². The second kappa shape index (κ2) is 6.89. The van der Waals surface area contributed by atoms with Gasteiger partial charge in [-0.05, 0) is 38.0 Å². The van der Waals surface area contributed by atoms with Gasteiger partial charge in [0.15, 0.2) is 0 Å². The second-order valence-electron chi connectivity index (χ2n) is 5.04. The van der Waals surface area contributed by atoms with Gasteiger partial charge < -0.3 is 10.5 Å². The molecule has 3 heteroatoms. The van der Waals surface area contributed by atoms with Crippen molar-refractivity contribution in [3.05, 3.63) is 0 Å². The summed E-state index contributed by atoms with van der Waals surface area (Å²) < 4.78 is 5.53. The second-order valence-corrected chi connectivity index (χ2v) is 5.04. The van der Waals surface area contributed by atoms with E-state index in [0.29, 0.717) is 6.54 Å². The zero-order valence-corrected chi connectivity index (χ0v) is 10.6. The molecule has 0 aromatic carbocycles. The van der Waals surface area contributed by atoms with E-state index >= 15 is 0 Å². The summed E-state index contributed by atoms with van der Waals surface area (Å²) >= 11 is 0. The molecule has 0 bridgehead atoms. The van der Waals surface area contributed by atoms with E-state index in [4.69, 9.17) is 10.5 Å². The first kappa shape index (κ1) is 13.5. The average Bonchev–Trinajstić information content (AvgIpc) is 2.29. The van der Waals surface area contributed by atoms with Gasteiger partial charge in [-0.1, -0.05) is 20.3 Å². The molecule has 0 heterocycles. The van der Waals surface area contributed by atoms with Crippen molar-refractivity contribution in [1.82, 2.24) is 0 Å². The van der Waals surface area contributed by atoms with Crippen LogP contribution in [0.1, 0.15) is 52.4 Å². The van der Waals surface area contributed by atoms with Gasteiger partial charge in [0, 0.05) is 6.54 Å². The predicted octanol–water partition coefficient (Wildman–Crippen LogP) is 2.48. The van der Waals surface area contributed by atoms with Crippen molar-refractivity contribution in [3.8, 4) is 0 Å². The standard InChI is InChI=1S/C13H25NO2/c1-3-4-11(9-14)13(15)16-12-7-5-10(2)6-8-12/h10-12H,3-9,14H2,1-2H3. The molecule has 0 aromatic heterocycles. The Morgan fingerprint density at radius 3 is 2.50 bits per heavy atom. The summed E-state index contributed by atoms with van der Waals surface area (Å²) in [7, 11) is 0. The Bertz CT molecular complexity index is 210. The fraction of sp³-hybridized carbons (Fsp3) is 0.923. The number of carbonyl (C=O) groups excluding carboxylic acids is 1. The molecule has 0 aromatic rings. The molecule has 0 radical (unpaired) electrons. The van der Waals surface area contributed by atoms with E-state index in [1.54, 1.807) is 0 Å². The first-order valence-corrected chi connectivity index (χ1v) is 6.57. The van der Waals surface area contributed by atoms with Crippen LogP contribution >= 0.6 is 0 Å². The quantitative estimate of drug-likeness (QED) is 0.734. The number of nitrogens with two attached hydrogens (primary N) is 1. The Labute approximate surface area is 98.7 Å². The highest BCUT2D eigenvalue weighted by molar-refractivity contribution is 5.72. The first-order chi connectivity index (χ1) is 7.67. The van der Waals surface area contributed by atoms with Crippen LogP contribution in [-0.4, -0.2) is 18.6 Å². The molecule has 1 unspecified atom stereocenters. The smallest absolute Gasteiger partial charge is 0.310 e. The Kier molecular flexibility index (Phi) is 5.81. The summed E-state index contributed by atoms with van der Waals surface area (Å²) in [4.78, 5) is 11.8. The highest BCUT2D eigenvalue weighted by atomic mass is 16.5. The van der Waals surface area contributed by atoms with E-state index in [2.05, 4.69) is 13.8 Å². The van der Waals surface area contributed by atoms with Crippen LogP contribution in [0.25, 0.3) is 0 Å². The molecule has 0 saturated heterocycles. The van der Waals surface area contributed by atoms with Crippen molar-refractivity contribution < 1.29 is 9.53 Å². The summed E-state index contributed by atoms with van der Waals surface area (Å²) in [6, 6.07) is 0. The minimum absolute atomic E-state index is 0.0797. The lowest BCUT2D eigenvalue weighted by Crippen LogP contribution is -2.31. The Hall–Kier alpha value is -0.570. The van der Waals surface area contributed by atoms with Crippen LogP contribution in [0, 0.1) is 11.8 Å². The molecule has 1 aliphatic rings. The van der Waals surface area contributed by atoms with Crippen molar-refractivity contribution in [3.63, 3.8) is 0 Å². The summed E-state index contributed by atoms with van der Waals surface area (Å²) in [6.45, 7) is 4.74. The van der Waals surface area contributed by atoms with Gasteiger partial charge in [-0.25, -0.2) is 0 Å². The van der Waals surface area contributed by atoms with Gasteiger partial charge in [-0.3, -0.25) is 4.79 Å². The molecule has 94 valence electrons. The van der Waals surface area contributed by atoms with Crippen molar-refractivity contribution in [2.75, 3.05) is 6.54 Å². The zero-order chi connectivity index (χ0) is 12.0. The summed E-state index contributed by atoms with van der Waals surface area (Å²) in [5.41, 5.74) is 5.59. The van der Waals surface area contributed by atoms with Crippen LogP contribution in [0.3, 0.4) is 0 Å². The SMILES string of the molecule is CCCC(CN)C(=O)OC1CCC(C)CC1. The summed E-state index contributed by atoms with van der Waals surface area (Å²) in [6.07, 6.45) is 6.39. The Morgan fingerprint density at radius 1 is 1.38 bits per heavy atom. The van der Waals surface area contributed by atoms with Crippen LogP contribution in [0.5, 0.6) is 0 Å². The number of rotatable bonds is 5. The van der Waals surface area contributed by atoms with E-state index < -0.39 is 0 Å². The minimum Gasteiger partial charge on any atom is -0.462 e. The molecular formula is C13H25NO2. The lowest BCUT2D eigenvalue weighted by Gasteiger charge is -2.27. The summed E-state index contributed by atoms with van der Waals surface area (Å²) in [5, 5.41) is 0. The minimum atomic E-state index is -0.0932. The number of ether oxygens (including phenoxy) is 1. The molecule has 1 fully saturated rings. The highest BCUT2D eigenvalue weighted by Crippen LogP contribution is 2.26. The van der Waals surface area contributed by atoms with Gasteiger partial charge in [0.1, 0.15) is 6.10 Å². The third-order valence-electron chi connectivity index (χ3n) is 3.50. The maximum absolute atomic E-state index is 11.8. The molecule has 0 amide bonds. The van der Waals surface area contributed by atoms with Crippen LogP contribution in [0.2, 0.25) is 0 Å². The molecule has 16 heavy (non-hydrogen) atoms. The van der Waals surface area contributed by atoms with E-state index in [9.17, 15) is 4.79 Å². The monoisotopic (exact) mass is 227 g/mol. The van der Waals surface area contributed by atoms with Crippen LogP contribution in [0.4, 0.5) is 0 Å². The lowest BCUT2D eigenvalue weighted by atomic mass is 9.89. The number of esters is 1.